The number of hydrogen-bond donors (Lipinski definition) is 1. The predicted octanol–water partition coefficient (Wildman–Crippen LogP) is -0.143. The fourth-order valence-corrected chi connectivity index (χ4v) is 3.85. The fraction of sp³-hybridized carbons (Fsp3) is 0.750. The molecule has 3 heterocycles. The van der Waals surface area contributed by atoms with Gasteiger partial charge in [0.05, 0.1) is 6.54 Å². The summed E-state index contributed by atoms with van der Waals surface area (Å²) in [6.07, 6.45) is 6.73. The van der Waals surface area contributed by atoms with Crippen LogP contribution in [0.2, 0.25) is 0 Å². The third-order valence-electron chi connectivity index (χ3n) is 5.12. The second kappa shape index (κ2) is 7.74. The van der Waals surface area contributed by atoms with Gasteiger partial charge < -0.3 is 15.5 Å². The molecule has 2 aliphatic rings. The maximum Gasteiger partial charge on any atom is 0.224 e. The number of nitrogens with zero attached hydrogens (tertiary/aromatic N) is 5. The highest BCUT2D eigenvalue weighted by molar-refractivity contribution is 5.78. The largest absolute Gasteiger partial charge is 0.342 e. The minimum absolute atomic E-state index is 0.161. The Morgan fingerprint density at radius 1 is 1.33 bits per heavy atom. The Balaban J connectivity index is 1.54. The molecular formula is C16H26N6O2. The molecule has 132 valence electrons. The molecular weight excluding hydrogens is 308 g/mol. The second-order valence-electron chi connectivity index (χ2n) is 6.63. The Morgan fingerprint density at radius 3 is 2.96 bits per heavy atom. The van der Waals surface area contributed by atoms with Gasteiger partial charge in [-0.05, 0) is 31.7 Å². The van der Waals surface area contributed by atoms with Crippen molar-refractivity contribution in [2.24, 2.45) is 11.7 Å². The molecule has 2 aliphatic heterocycles. The van der Waals surface area contributed by atoms with Crippen molar-refractivity contribution in [3.05, 3.63) is 12.7 Å². The van der Waals surface area contributed by atoms with Gasteiger partial charge in [0.25, 0.3) is 0 Å². The lowest BCUT2D eigenvalue weighted by atomic mass is 9.83. The van der Waals surface area contributed by atoms with Gasteiger partial charge in [-0.2, -0.15) is 5.10 Å². The number of nitrogens with two attached hydrogens (primary N) is 1. The van der Waals surface area contributed by atoms with Crippen LogP contribution < -0.4 is 5.73 Å². The lowest BCUT2D eigenvalue weighted by Gasteiger charge is -2.47. The molecule has 0 aromatic carbocycles. The van der Waals surface area contributed by atoms with E-state index in [-0.39, 0.29) is 17.9 Å². The fourth-order valence-electron chi connectivity index (χ4n) is 3.85. The predicted molar refractivity (Wildman–Crippen MR) is 87.7 cm³/mol. The van der Waals surface area contributed by atoms with Gasteiger partial charge in [-0.1, -0.05) is 0 Å². The van der Waals surface area contributed by atoms with Crippen LogP contribution in [0.25, 0.3) is 0 Å². The summed E-state index contributed by atoms with van der Waals surface area (Å²) in [7, 11) is 0. The molecule has 0 spiro atoms. The lowest BCUT2D eigenvalue weighted by Crippen LogP contribution is -2.57. The number of rotatable bonds is 6. The summed E-state index contributed by atoms with van der Waals surface area (Å²) >= 11 is 0. The smallest absolute Gasteiger partial charge is 0.224 e. The zero-order valence-corrected chi connectivity index (χ0v) is 14.0. The van der Waals surface area contributed by atoms with Gasteiger partial charge in [0.15, 0.2) is 0 Å². The number of hydrogen-bond acceptors (Lipinski definition) is 5. The van der Waals surface area contributed by atoms with Crippen molar-refractivity contribution >= 4 is 11.8 Å². The number of aryl methyl sites for hydroxylation is 1. The highest BCUT2D eigenvalue weighted by atomic mass is 16.2. The zero-order valence-electron chi connectivity index (χ0n) is 14.0. The van der Waals surface area contributed by atoms with Gasteiger partial charge in [-0.3, -0.25) is 14.3 Å². The topological polar surface area (TPSA) is 97.3 Å². The van der Waals surface area contributed by atoms with Crippen LogP contribution in [-0.4, -0.2) is 68.6 Å². The number of carbonyl (C=O) groups is 2. The number of amides is 2. The Hall–Kier alpha value is -1.96. The van der Waals surface area contributed by atoms with Crippen molar-refractivity contribution in [3.8, 4) is 0 Å². The van der Waals surface area contributed by atoms with Gasteiger partial charge in [-0.25, -0.2) is 4.98 Å². The van der Waals surface area contributed by atoms with Crippen LogP contribution in [-0.2, 0) is 16.1 Å². The van der Waals surface area contributed by atoms with Crippen molar-refractivity contribution in [1.82, 2.24) is 24.6 Å². The first kappa shape index (κ1) is 16.9. The highest BCUT2D eigenvalue weighted by Gasteiger charge is 2.39. The van der Waals surface area contributed by atoms with E-state index in [2.05, 4.69) is 10.1 Å². The minimum atomic E-state index is 0.161. The summed E-state index contributed by atoms with van der Waals surface area (Å²) < 4.78 is 1.68. The van der Waals surface area contributed by atoms with E-state index in [0.717, 1.165) is 38.9 Å². The van der Waals surface area contributed by atoms with Crippen molar-refractivity contribution < 1.29 is 9.59 Å². The van der Waals surface area contributed by atoms with Crippen LogP contribution >= 0.6 is 0 Å². The van der Waals surface area contributed by atoms with E-state index in [1.807, 2.05) is 9.80 Å². The van der Waals surface area contributed by atoms with E-state index in [1.54, 1.807) is 11.0 Å². The van der Waals surface area contributed by atoms with Crippen LogP contribution in [0.1, 0.15) is 32.1 Å². The Bertz CT molecular complexity index is 561. The second-order valence-corrected chi connectivity index (χ2v) is 6.63. The third-order valence-corrected chi connectivity index (χ3v) is 5.12. The van der Waals surface area contributed by atoms with Crippen LogP contribution in [0.4, 0.5) is 0 Å². The van der Waals surface area contributed by atoms with Crippen molar-refractivity contribution in [2.45, 2.75) is 44.7 Å². The van der Waals surface area contributed by atoms with Gasteiger partial charge in [0.1, 0.15) is 12.7 Å². The molecule has 0 saturated carbocycles. The van der Waals surface area contributed by atoms with Crippen molar-refractivity contribution in [1.29, 1.82) is 0 Å². The summed E-state index contributed by atoms with van der Waals surface area (Å²) in [6, 6.07) is 0.275. The van der Waals surface area contributed by atoms with Gasteiger partial charge in [0.2, 0.25) is 11.8 Å². The first-order valence-corrected chi connectivity index (χ1v) is 8.78. The average molecular weight is 334 g/mol. The quantitative estimate of drug-likeness (QED) is 0.781. The maximum atomic E-state index is 12.5. The highest BCUT2D eigenvalue weighted by Crippen LogP contribution is 2.31. The monoisotopic (exact) mass is 334 g/mol. The molecule has 2 atom stereocenters. The first-order valence-electron chi connectivity index (χ1n) is 8.78. The molecule has 1 aromatic rings. The Labute approximate surface area is 142 Å². The molecule has 24 heavy (non-hydrogen) atoms. The zero-order chi connectivity index (χ0) is 16.9. The molecule has 0 bridgehead atoms. The van der Waals surface area contributed by atoms with Gasteiger partial charge >= 0.3 is 0 Å². The number of aromatic nitrogens is 3. The van der Waals surface area contributed by atoms with Gasteiger partial charge in [0, 0.05) is 38.5 Å². The van der Waals surface area contributed by atoms with Crippen molar-refractivity contribution in [3.63, 3.8) is 0 Å². The molecule has 2 N–H and O–H groups in total. The van der Waals surface area contributed by atoms with E-state index >= 15 is 0 Å². The molecule has 8 nitrogen and oxygen atoms in total. The Kier molecular flexibility index (Phi) is 5.44. The molecule has 2 amide bonds. The summed E-state index contributed by atoms with van der Waals surface area (Å²) in [5.74, 6) is 0.801. The number of likely N-dealkylation sites (tertiary alicyclic amines) is 2. The number of fused-ring (bicyclic) bond motifs is 1. The standard InChI is InChI=1S/C16H26N6O2/c17-6-1-7-22-14-4-8-20(10-13(14)2-3-16(22)24)15(23)5-9-21-12-18-11-19-21/h11-14H,1-10,17H2/t13-,14+/m0/s1. The van der Waals surface area contributed by atoms with E-state index in [1.165, 1.54) is 6.33 Å². The van der Waals surface area contributed by atoms with E-state index in [4.69, 9.17) is 5.73 Å². The lowest BCUT2D eigenvalue weighted by molar-refractivity contribution is -0.144. The van der Waals surface area contributed by atoms with E-state index in [0.29, 0.717) is 31.8 Å². The molecule has 8 heteroatoms. The van der Waals surface area contributed by atoms with Gasteiger partial charge in [-0.15, -0.1) is 0 Å². The summed E-state index contributed by atoms with van der Waals surface area (Å²) in [6.45, 7) is 3.40. The molecule has 2 fully saturated rings. The summed E-state index contributed by atoms with van der Waals surface area (Å²) in [5.41, 5.74) is 5.59. The molecule has 0 radical (unpaired) electrons. The first-order chi connectivity index (χ1) is 11.7. The van der Waals surface area contributed by atoms with E-state index < -0.39 is 0 Å². The minimum Gasteiger partial charge on any atom is -0.342 e. The Morgan fingerprint density at radius 2 is 2.21 bits per heavy atom. The average Bonchev–Trinajstić information content (AvgIpc) is 3.12. The van der Waals surface area contributed by atoms with E-state index in [9.17, 15) is 9.59 Å². The van der Waals surface area contributed by atoms with Crippen molar-refractivity contribution in [2.75, 3.05) is 26.2 Å². The third kappa shape index (κ3) is 3.75. The number of piperidine rings is 2. The molecule has 1 aromatic heterocycles. The molecule has 0 aliphatic carbocycles. The summed E-state index contributed by atoms with van der Waals surface area (Å²) in [4.78, 5) is 32.5. The number of carbonyl (C=O) groups excluding carboxylic acids is 2. The van der Waals surface area contributed by atoms with Crippen LogP contribution in [0.5, 0.6) is 0 Å². The molecule has 0 unspecified atom stereocenters. The molecule has 3 rings (SSSR count). The van der Waals surface area contributed by atoms with Crippen LogP contribution in [0.15, 0.2) is 12.7 Å². The SMILES string of the molecule is NCCCN1C(=O)CC[C@H]2CN(C(=O)CCn3cncn3)CC[C@H]21. The van der Waals surface area contributed by atoms with Crippen LogP contribution in [0, 0.1) is 5.92 Å². The normalized spacial score (nSPS) is 24.1. The maximum absolute atomic E-state index is 12.5. The molecule has 2 saturated heterocycles. The van der Waals surface area contributed by atoms with Crippen LogP contribution in [0.3, 0.4) is 0 Å². The summed E-state index contributed by atoms with van der Waals surface area (Å²) in [5, 5.41) is 4.03.